The van der Waals surface area contributed by atoms with Crippen molar-refractivity contribution in [2.24, 2.45) is 0 Å². The van der Waals surface area contributed by atoms with E-state index in [-0.39, 0.29) is 0 Å². The fraction of sp³-hybridized carbons (Fsp3) is 0.600. The van der Waals surface area contributed by atoms with Crippen molar-refractivity contribution in [1.29, 1.82) is 0 Å². The van der Waals surface area contributed by atoms with E-state index >= 15 is 0 Å². The summed E-state index contributed by atoms with van der Waals surface area (Å²) < 4.78 is 23.6. The Labute approximate surface area is 80.4 Å². The van der Waals surface area contributed by atoms with Gasteiger partial charge < -0.3 is 5.32 Å². The second-order valence-corrected chi connectivity index (χ2v) is 5.00. The van der Waals surface area contributed by atoms with E-state index in [0.717, 1.165) is 6.26 Å². The van der Waals surface area contributed by atoms with Crippen LogP contribution in [0.25, 0.3) is 0 Å². The number of hydrogen-bond donors (Lipinski definition) is 2. The van der Waals surface area contributed by atoms with Crippen molar-refractivity contribution in [2.45, 2.75) is 0 Å². The molecule has 0 saturated carbocycles. The van der Waals surface area contributed by atoms with Gasteiger partial charge in [-0.3, -0.25) is 0 Å². The van der Waals surface area contributed by atoms with Crippen molar-refractivity contribution in [3.63, 3.8) is 0 Å². The van der Waals surface area contributed by atoms with Crippen LogP contribution in [0, 0.1) is 0 Å². The quantitative estimate of drug-likeness (QED) is 0.656. The zero-order valence-corrected chi connectivity index (χ0v) is 8.65. The van der Waals surface area contributed by atoms with Gasteiger partial charge in [0.2, 0.25) is 15.2 Å². The molecule has 0 bridgehead atoms. The zero-order chi connectivity index (χ0) is 9.73. The van der Waals surface area contributed by atoms with E-state index in [1.807, 2.05) is 0 Å². The summed E-state index contributed by atoms with van der Waals surface area (Å²) in [6, 6.07) is 0. The number of aromatic nitrogens is 2. The molecular formula is C5H10N4O2S2. The van der Waals surface area contributed by atoms with E-state index in [2.05, 4.69) is 20.2 Å². The van der Waals surface area contributed by atoms with Gasteiger partial charge in [-0.1, -0.05) is 11.3 Å². The number of rotatable bonds is 5. The first-order valence-electron chi connectivity index (χ1n) is 3.52. The molecule has 6 nitrogen and oxygen atoms in total. The van der Waals surface area contributed by atoms with Gasteiger partial charge in [0.05, 0.1) is 6.26 Å². The van der Waals surface area contributed by atoms with E-state index in [9.17, 15) is 8.42 Å². The molecule has 0 radical (unpaired) electrons. The maximum atomic E-state index is 10.6. The summed E-state index contributed by atoms with van der Waals surface area (Å²) in [4.78, 5) is 0. The normalized spacial score (nSPS) is 11.5. The van der Waals surface area contributed by atoms with Crippen molar-refractivity contribution in [1.82, 2.24) is 14.9 Å². The molecule has 0 aliphatic rings. The lowest BCUT2D eigenvalue weighted by Gasteiger charge is -2.01. The zero-order valence-electron chi connectivity index (χ0n) is 7.02. The molecule has 1 aromatic rings. The topological polar surface area (TPSA) is 84.0 Å². The highest BCUT2D eigenvalue weighted by Gasteiger charge is 1.99. The summed E-state index contributed by atoms with van der Waals surface area (Å²) in [6.45, 7) is 0.848. The molecule has 0 aromatic carbocycles. The van der Waals surface area contributed by atoms with Gasteiger partial charge in [-0.15, -0.1) is 10.2 Å². The number of nitrogens with one attached hydrogen (secondary N) is 2. The molecule has 1 heterocycles. The first-order valence-corrected chi connectivity index (χ1v) is 6.30. The molecule has 8 heteroatoms. The maximum Gasteiger partial charge on any atom is 0.208 e. The molecule has 1 rings (SSSR count). The van der Waals surface area contributed by atoms with Crippen molar-refractivity contribution in [2.75, 3.05) is 24.7 Å². The molecule has 0 aliphatic heterocycles. The second-order valence-electron chi connectivity index (χ2n) is 2.34. The third-order valence-electron chi connectivity index (χ3n) is 1.13. The van der Waals surface area contributed by atoms with Crippen LogP contribution in [0.1, 0.15) is 0 Å². The third-order valence-corrected chi connectivity index (χ3v) is 2.50. The van der Waals surface area contributed by atoms with Gasteiger partial charge in [-0.2, -0.15) is 0 Å². The molecule has 0 amide bonds. The molecule has 0 aliphatic carbocycles. The van der Waals surface area contributed by atoms with E-state index in [4.69, 9.17) is 0 Å². The van der Waals surface area contributed by atoms with Crippen LogP contribution in [-0.2, 0) is 10.0 Å². The molecule has 74 valence electrons. The SMILES string of the molecule is CS(=O)(=O)NCCNc1nncs1. The van der Waals surface area contributed by atoms with E-state index in [1.54, 1.807) is 5.51 Å². The Kier molecular flexibility index (Phi) is 3.58. The minimum Gasteiger partial charge on any atom is -0.359 e. The Bertz CT molecular complexity index is 333. The lowest BCUT2D eigenvalue weighted by atomic mass is 10.7. The summed E-state index contributed by atoms with van der Waals surface area (Å²) in [5.41, 5.74) is 1.60. The van der Waals surface area contributed by atoms with Crippen LogP contribution >= 0.6 is 11.3 Å². The molecule has 2 N–H and O–H groups in total. The van der Waals surface area contributed by atoms with Gasteiger partial charge >= 0.3 is 0 Å². The maximum absolute atomic E-state index is 10.6. The van der Waals surface area contributed by atoms with Gasteiger partial charge in [0.1, 0.15) is 5.51 Å². The summed E-state index contributed by atoms with van der Waals surface area (Å²) >= 11 is 1.37. The standard InChI is InChI=1S/C5H10N4O2S2/c1-13(10,11)8-3-2-6-5-9-7-4-12-5/h4,8H,2-3H2,1H3,(H,6,9). The van der Waals surface area contributed by atoms with Gasteiger partial charge in [-0.25, -0.2) is 13.1 Å². The third kappa shape index (κ3) is 4.76. The number of anilines is 1. The van der Waals surface area contributed by atoms with Crippen LogP contribution in [-0.4, -0.2) is 38.0 Å². The number of sulfonamides is 1. The summed E-state index contributed by atoms with van der Waals surface area (Å²) in [7, 11) is -3.09. The molecule has 0 saturated heterocycles. The Balaban J connectivity index is 2.16. The molecule has 0 spiro atoms. The van der Waals surface area contributed by atoms with E-state index in [1.165, 1.54) is 11.3 Å². The predicted molar refractivity (Wildman–Crippen MR) is 51.2 cm³/mol. The average Bonchev–Trinajstić information content (AvgIpc) is 2.48. The number of nitrogens with zero attached hydrogens (tertiary/aromatic N) is 2. The first kappa shape index (κ1) is 10.4. The minimum atomic E-state index is -3.09. The first-order chi connectivity index (χ1) is 6.08. The van der Waals surface area contributed by atoms with E-state index in [0.29, 0.717) is 18.2 Å². The van der Waals surface area contributed by atoms with Gasteiger partial charge in [0, 0.05) is 13.1 Å². The minimum absolute atomic E-state index is 0.346. The highest BCUT2D eigenvalue weighted by atomic mass is 32.2. The van der Waals surface area contributed by atoms with Crippen LogP contribution < -0.4 is 10.0 Å². The molecule has 0 atom stereocenters. The van der Waals surface area contributed by atoms with Crippen LogP contribution in [0.4, 0.5) is 5.13 Å². The van der Waals surface area contributed by atoms with E-state index < -0.39 is 10.0 Å². The van der Waals surface area contributed by atoms with Crippen molar-refractivity contribution in [3.8, 4) is 0 Å². The van der Waals surface area contributed by atoms with Crippen molar-refractivity contribution < 1.29 is 8.42 Å². The Hall–Kier alpha value is -0.730. The van der Waals surface area contributed by atoms with Crippen LogP contribution in [0.2, 0.25) is 0 Å². The molecule has 0 unspecified atom stereocenters. The van der Waals surface area contributed by atoms with Gasteiger partial charge in [-0.05, 0) is 0 Å². The predicted octanol–water partition coefficient (Wildman–Crippen LogP) is -0.501. The summed E-state index contributed by atoms with van der Waals surface area (Å²) in [5, 5.41) is 11.0. The monoisotopic (exact) mass is 222 g/mol. The Morgan fingerprint density at radius 2 is 2.31 bits per heavy atom. The largest absolute Gasteiger partial charge is 0.359 e. The van der Waals surface area contributed by atoms with Gasteiger partial charge in [0.15, 0.2) is 0 Å². The van der Waals surface area contributed by atoms with Crippen molar-refractivity contribution in [3.05, 3.63) is 5.51 Å². The lowest BCUT2D eigenvalue weighted by molar-refractivity contribution is 0.589. The highest BCUT2D eigenvalue weighted by Crippen LogP contribution is 2.06. The molecule has 1 aromatic heterocycles. The molecule has 0 fully saturated rings. The fourth-order valence-electron chi connectivity index (χ4n) is 0.656. The van der Waals surface area contributed by atoms with Crippen LogP contribution in [0.15, 0.2) is 5.51 Å². The average molecular weight is 222 g/mol. The van der Waals surface area contributed by atoms with Gasteiger partial charge in [0.25, 0.3) is 0 Å². The smallest absolute Gasteiger partial charge is 0.208 e. The lowest BCUT2D eigenvalue weighted by Crippen LogP contribution is -2.27. The van der Waals surface area contributed by atoms with Crippen LogP contribution in [0.5, 0.6) is 0 Å². The number of hydrogen-bond acceptors (Lipinski definition) is 6. The summed E-state index contributed by atoms with van der Waals surface area (Å²) in [5.74, 6) is 0. The highest BCUT2D eigenvalue weighted by molar-refractivity contribution is 7.88. The van der Waals surface area contributed by atoms with Crippen molar-refractivity contribution >= 4 is 26.5 Å². The Morgan fingerprint density at radius 1 is 1.54 bits per heavy atom. The summed E-state index contributed by atoms with van der Waals surface area (Å²) in [6.07, 6.45) is 1.12. The van der Waals surface area contributed by atoms with Crippen LogP contribution in [0.3, 0.4) is 0 Å². The molecule has 13 heavy (non-hydrogen) atoms. The Morgan fingerprint density at radius 3 is 2.85 bits per heavy atom. The second kappa shape index (κ2) is 4.49. The fourth-order valence-corrected chi connectivity index (χ4v) is 1.60. The molecular weight excluding hydrogens is 212 g/mol.